The lowest BCUT2D eigenvalue weighted by Crippen LogP contribution is -2.51. The summed E-state index contributed by atoms with van der Waals surface area (Å²) in [5.41, 5.74) is 6.08. The van der Waals surface area contributed by atoms with Crippen LogP contribution >= 0.6 is 0 Å². The largest absolute Gasteiger partial charge is 0.330 e. The second-order valence-corrected chi connectivity index (χ2v) is 7.99. The van der Waals surface area contributed by atoms with Crippen molar-refractivity contribution in [3.63, 3.8) is 0 Å². The first-order valence-electron chi connectivity index (χ1n) is 9.61. The molecular formula is C19H38N2. The first-order valence-corrected chi connectivity index (χ1v) is 9.61. The number of nitrogens with two attached hydrogens (primary N) is 1. The van der Waals surface area contributed by atoms with Gasteiger partial charge < -0.3 is 5.73 Å². The van der Waals surface area contributed by atoms with Crippen molar-refractivity contribution >= 4 is 0 Å². The molecule has 2 aliphatic rings. The van der Waals surface area contributed by atoms with Gasteiger partial charge in [-0.05, 0) is 62.9 Å². The predicted molar refractivity (Wildman–Crippen MR) is 92.4 cm³/mol. The van der Waals surface area contributed by atoms with Crippen molar-refractivity contribution in [1.29, 1.82) is 0 Å². The molecule has 0 aromatic rings. The Morgan fingerprint density at radius 3 is 2.48 bits per heavy atom. The molecule has 4 unspecified atom stereocenters. The zero-order valence-corrected chi connectivity index (χ0v) is 14.7. The summed E-state index contributed by atoms with van der Waals surface area (Å²) in [6, 6.07) is 1.61. The molecule has 2 saturated carbocycles. The number of rotatable bonds is 6. The Bertz CT molecular complexity index is 289. The minimum Gasteiger partial charge on any atom is -0.330 e. The van der Waals surface area contributed by atoms with Crippen molar-refractivity contribution in [3.8, 4) is 0 Å². The van der Waals surface area contributed by atoms with E-state index < -0.39 is 0 Å². The molecule has 0 bridgehead atoms. The maximum absolute atomic E-state index is 6.08. The van der Waals surface area contributed by atoms with E-state index in [1.807, 2.05) is 0 Å². The summed E-state index contributed by atoms with van der Waals surface area (Å²) in [4.78, 5) is 2.86. The lowest BCUT2D eigenvalue weighted by atomic mass is 9.78. The van der Waals surface area contributed by atoms with Crippen LogP contribution in [0.1, 0.15) is 78.6 Å². The molecule has 0 aromatic heterocycles. The van der Waals surface area contributed by atoms with Gasteiger partial charge in [0.25, 0.3) is 0 Å². The topological polar surface area (TPSA) is 29.3 Å². The van der Waals surface area contributed by atoms with Crippen LogP contribution in [0.15, 0.2) is 0 Å². The van der Waals surface area contributed by atoms with Gasteiger partial charge in [-0.2, -0.15) is 0 Å². The highest BCUT2D eigenvalue weighted by Gasteiger charge is 2.34. The summed E-state index contributed by atoms with van der Waals surface area (Å²) in [6.07, 6.45) is 12.8. The smallest absolute Gasteiger partial charge is 0.0138 e. The minimum atomic E-state index is 0.754. The van der Waals surface area contributed by atoms with Gasteiger partial charge in [0.05, 0.1) is 0 Å². The molecule has 0 aliphatic heterocycles. The third-order valence-electron chi connectivity index (χ3n) is 5.99. The van der Waals surface area contributed by atoms with E-state index >= 15 is 0 Å². The van der Waals surface area contributed by atoms with Gasteiger partial charge in [-0.3, -0.25) is 4.90 Å². The van der Waals surface area contributed by atoms with Crippen LogP contribution in [0.25, 0.3) is 0 Å². The van der Waals surface area contributed by atoms with E-state index in [0.29, 0.717) is 0 Å². The monoisotopic (exact) mass is 294 g/mol. The average Bonchev–Trinajstić information content (AvgIpc) is 2.48. The quantitative estimate of drug-likeness (QED) is 0.785. The van der Waals surface area contributed by atoms with E-state index in [9.17, 15) is 0 Å². The highest BCUT2D eigenvalue weighted by atomic mass is 15.2. The average molecular weight is 295 g/mol. The zero-order valence-electron chi connectivity index (χ0n) is 14.7. The van der Waals surface area contributed by atoms with E-state index in [1.165, 1.54) is 64.3 Å². The van der Waals surface area contributed by atoms with Crippen molar-refractivity contribution in [3.05, 3.63) is 0 Å². The third-order valence-corrected chi connectivity index (χ3v) is 5.99. The second-order valence-electron chi connectivity index (χ2n) is 7.99. The normalized spacial score (nSPS) is 34.6. The molecule has 0 heterocycles. The summed E-state index contributed by atoms with van der Waals surface area (Å²) in [5.74, 6) is 2.58. The van der Waals surface area contributed by atoms with E-state index in [4.69, 9.17) is 5.73 Å². The van der Waals surface area contributed by atoms with Crippen molar-refractivity contribution in [2.45, 2.75) is 90.6 Å². The van der Waals surface area contributed by atoms with Crippen molar-refractivity contribution in [2.75, 3.05) is 13.1 Å². The fourth-order valence-electron chi connectivity index (χ4n) is 5.11. The lowest BCUT2D eigenvalue weighted by Gasteiger charge is -2.46. The fourth-order valence-corrected chi connectivity index (χ4v) is 5.11. The molecule has 2 nitrogen and oxygen atoms in total. The Hall–Kier alpha value is -0.0800. The van der Waals surface area contributed by atoms with E-state index in [-0.39, 0.29) is 0 Å². The SMILES string of the molecule is CCN(C1CCCC(CC(C)C)C1)C1CCCCC1CN. The van der Waals surface area contributed by atoms with Crippen LogP contribution < -0.4 is 5.73 Å². The predicted octanol–water partition coefficient (Wildman–Crippen LogP) is 4.43. The van der Waals surface area contributed by atoms with Gasteiger partial charge >= 0.3 is 0 Å². The second kappa shape index (κ2) is 8.53. The van der Waals surface area contributed by atoms with Crippen molar-refractivity contribution in [1.82, 2.24) is 4.90 Å². The summed E-state index contributed by atoms with van der Waals surface area (Å²) >= 11 is 0. The molecule has 0 aromatic carbocycles. The van der Waals surface area contributed by atoms with Gasteiger partial charge in [0.1, 0.15) is 0 Å². The van der Waals surface area contributed by atoms with E-state index in [1.54, 1.807) is 0 Å². The summed E-state index contributed by atoms with van der Waals surface area (Å²) in [6.45, 7) is 9.25. The molecule has 2 heteroatoms. The third kappa shape index (κ3) is 4.69. The number of hydrogen-bond acceptors (Lipinski definition) is 2. The van der Waals surface area contributed by atoms with E-state index in [0.717, 1.165) is 36.4 Å². The molecule has 2 fully saturated rings. The van der Waals surface area contributed by atoms with Crippen LogP contribution in [0, 0.1) is 17.8 Å². The molecule has 4 atom stereocenters. The molecule has 2 aliphatic carbocycles. The number of hydrogen-bond donors (Lipinski definition) is 1. The molecule has 2 rings (SSSR count). The fraction of sp³-hybridized carbons (Fsp3) is 1.00. The first-order chi connectivity index (χ1) is 10.2. The maximum atomic E-state index is 6.08. The Balaban J connectivity index is 1.98. The Labute approximate surface area is 132 Å². The van der Waals surface area contributed by atoms with Gasteiger partial charge in [0.2, 0.25) is 0 Å². The first kappa shape index (κ1) is 17.3. The molecule has 124 valence electrons. The van der Waals surface area contributed by atoms with Crippen LogP contribution in [0.3, 0.4) is 0 Å². The Morgan fingerprint density at radius 2 is 1.81 bits per heavy atom. The van der Waals surface area contributed by atoms with Crippen molar-refractivity contribution in [2.24, 2.45) is 23.5 Å². The summed E-state index contributed by atoms with van der Waals surface area (Å²) in [5, 5.41) is 0. The summed E-state index contributed by atoms with van der Waals surface area (Å²) < 4.78 is 0. The molecular weight excluding hydrogens is 256 g/mol. The van der Waals surface area contributed by atoms with Crippen LogP contribution in [0.2, 0.25) is 0 Å². The van der Waals surface area contributed by atoms with Crippen LogP contribution in [0.5, 0.6) is 0 Å². The Morgan fingerprint density at radius 1 is 1.05 bits per heavy atom. The van der Waals surface area contributed by atoms with Crippen LogP contribution in [0.4, 0.5) is 0 Å². The highest BCUT2D eigenvalue weighted by molar-refractivity contribution is 4.89. The molecule has 0 spiro atoms. The van der Waals surface area contributed by atoms with Gasteiger partial charge in [-0.25, -0.2) is 0 Å². The van der Waals surface area contributed by atoms with Crippen LogP contribution in [-0.4, -0.2) is 30.1 Å². The van der Waals surface area contributed by atoms with Gasteiger partial charge in [-0.15, -0.1) is 0 Å². The number of nitrogens with zero attached hydrogens (tertiary/aromatic N) is 1. The molecule has 21 heavy (non-hydrogen) atoms. The standard InChI is InChI=1S/C19H38N2/c1-4-21(19-11-6-5-9-17(19)14-20)18-10-7-8-16(13-18)12-15(2)3/h15-19H,4-14,20H2,1-3H3. The minimum absolute atomic E-state index is 0.754. The molecule has 0 saturated heterocycles. The summed E-state index contributed by atoms with van der Waals surface area (Å²) in [7, 11) is 0. The lowest BCUT2D eigenvalue weighted by molar-refractivity contribution is 0.0395. The van der Waals surface area contributed by atoms with Gasteiger partial charge in [0.15, 0.2) is 0 Å². The molecule has 2 N–H and O–H groups in total. The van der Waals surface area contributed by atoms with Crippen LogP contribution in [-0.2, 0) is 0 Å². The zero-order chi connectivity index (χ0) is 15.2. The molecule has 0 radical (unpaired) electrons. The van der Waals surface area contributed by atoms with Crippen molar-refractivity contribution < 1.29 is 0 Å². The van der Waals surface area contributed by atoms with Gasteiger partial charge in [-0.1, -0.05) is 46.5 Å². The Kier molecular flexibility index (Phi) is 7.01. The molecule has 0 amide bonds. The highest BCUT2D eigenvalue weighted by Crippen LogP contribution is 2.36. The van der Waals surface area contributed by atoms with Gasteiger partial charge in [0, 0.05) is 12.1 Å². The van der Waals surface area contributed by atoms with E-state index in [2.05, 4.69) is 25.7 Å². The maximum Gasteiger partial charge on any atom is 0.0138 e.